The van der Waals surface area contributed by atoms with E-state index in [1.54, 1.807) is 27.4 Å². The molecule has 0 aliphatic heterocycles. The monoisotopic (exact) mass is 451 g/mol. The van der Waals surface area contributed by atoms with Gasteiger partial charge in [-0.2, -0.15) is 0 Å². The third-order valence-electron chi connectivity index (χ3n) is 6.10. The average molecular weight is 452 g/mol. The van der Waals surface area contributed by atoms with Crippen LogP contribution in [-0.2, 0) is 18.4 Å². The summed E-state index contributed by atoms with van der Waals surface area (Å²) in [7, 11) is 4.83. The summed E-state index contributed by atoms with van der Waals surface area (Å²) in [5, 5.41) is 2.89. The smallest absolute Gasteiger partial charge is 0.287 e. The molecule has 0 spiro atoms. The highest BCUT2D eigenvalue weighted by Crippen LogP contribution is 2.32. The first-order valence-electron chi connectivity index (χ1n) is 11.1. The second-order valence-electron chi connectivity index (χ2n) is 8.58. The van der Waals surface area contributed by atoms with E-state index >= 15 is 0 Å². The average Bonchev–Trinajstić information content (AvgIpc) is 3.30. The molecule has 0 fully saturated rings. The standard InChI is InChI=1S/C27H33NO5/c1-7-27(2,3)20-9-12-22(30-4)19(15-20)16-21-10-13-24(33-21)26(29)28-17-18-8-11-23(31-5)25(14-18)32-6/h8-15H,7,16-17H2,1-6H3,(H,28,29). The summed E-state index contributed by atoms with van der Waals surface area (Å²) in [6, 6.07) is 15.3. The van der Waals surface area contributed by atoms with Crippen LogP contribution in [0.5, 0.6) is 17.2 Å². The van der Waals surface area contributed by atoms with Gasteiger partial charge in [0.05, 0.1) is 21.3 Å². The molecule has 0 bridgehead atoms. The summed E-state index contributed by atoms with van der Waals surface area (Å²) in [5.41, 5.74) is 3.25. The fraction of sp³-hybridized carbons (Fsp3) is 0.370. The van der Waals surface area contributed by atoms with Crippen LogP contribution in [0.3, 0.4) is 0 Å². The lowest BCUT2D eigenvalue weighted by molar-refractivity contribution is 0.0921. The van der Waals surface area contributed by atoms with Crippen molar-refractivity contribution in [3.8, 4) is 17.2 Å². The second-order valence-corrected chi connectivity index (χ2v) is 8.58. The molecule has 0 unspecified atom stereocenters. The van der Waals surface area contributed by atoms with Crippen molar-refractivity contribution in [2.45, 2.75) is 45.6 Å². The Bertz CT molecular complexity index is 1100. The van der Waals surface area contributed by atoms with E-state index in [0.717, 1.165) is 23.3 Å². The molecule has 2 aromatic carbocycles. The number of benzene rings is 2. The van der Waals surface area contributed by atoms with Gasteiger partial charge in [0, 0.05) is 18.5 Å². The van der Waals surface area contributed by atoms with Crippen LogP contribution in [0.2, 0.25) is 0 Å². The fourth-order valence-electron chi connectivity index (χ4n) is 3.58. The van der Waals surface area contributed by atoms with Gasteiger partial charge in [0.15, 0.2) is 17.3 Å². The molecule has 0 atom stereocenters. The molecule has 176 valence electrons. The van der Waals surface area contributed by atoms with Crippen molar-refractivity contribution in [1.82, 2.24) is 5.32 Å². The van der Waals surface area contributed by atoms with Crippen LogP contribution in [0.25, 0.3) is 0 Å². The Morgan fingerprint density at radius 3 is 2.27 bits per heavy atom. The number of rotatable bonds is 10. The maximum Gasteiger partial charge on any atom is 0.287 e. The molecule has 3 rings (SSSR count). The predicted octanol–water partition coefficient (Wildman–Crippen LogP) is 5.51. The van der Waals surface area contributed by atoms with Gasteiger partial charge < -0.3 is 23.9 Å². The van der Waals surface area contributed by atoms with Crippen molar-refractivity contribution in [2.75, 3.05) is 21.3 Å². The molecule has 1 N–H and O–H groups in total. The summed E-state index contributed by atoms with van der Waals surface area (Å²) in [5.74, 6) is 2.77. The van der Waals surface area contributed by atoms with Gasteiger partial charge >= 0.3 is 0 Å². The molecule has 0 saturated carbocycles. The number of carbonyl (C=O) groups excluding carboxylic acids is 1. The van der Waals surface area contributed by atoms with Crippen molar-refractivity contribution in [3.63, 3.8) is 0 Å². The van der Waals surface area contributed by atoms with E-state index in [2.05, 4.69) is 38.2 Å². The quantitative estimate of drug-likeness (QED) is 0.440. The van der Waals surface area contributed by atoms with Gasteiger partial charge in [0.1, 0.15) is 11.5 Å². The minimum absolute atomic E-state index is 0.0688. The van der Waals surface area contributed by atoms with E-state index in [-0.39, 0.29) is 17.1 Å². The molecule has 0 aliphatic rings. The lowest BCUT2D eigenvalue weighted by Gasteiger charge is -2.24. The highest BCUT2D eigenvalue weighted by atomic mass is 16.5. The minimum atomic E-state index is -0.274. The fourth-order valence-corrected chi connectivity index (χ4v) is 3.58. The first-order chi connectivity index (χ1) is 15.8. The zero-order chi connectivity index (χ0) is 24.0. The predicted molar refractivity (Wildman–Crippen MR) is 129 cm³/mol. The molecule has 1 aromatic heterocycles. The van der Waals surface area contributed by atoms with E-state index in [0.29, 0.717) is 30.2 Å². The lowest BCUT2D eigenvalue weighted by atomic mass is 9.81. The molecular formula is C27H33NO5. The summed E-state index contributed by atoms with van der Waals surface area (Å²) >= 11 is 0. The van der Waals surface area contributed by atoms with Crippen LogP contribution in [0.4, 0.5) is 0 Å². The Hall–Kier alpha value is -3.41. The number of hydrogen-bond donors (Lipinski definition) is 1. The van der Waals surface area contributed by atoms with Gasteiger partial charge in [-0.3, -0.25) is 4.79 Å². The van der Waals surface area contributed by atoms with Gasteiger partial charge in [-0.1, -0.05) is 39.0 Å². The first kappa shape index (κ1) is 24.2. The number of furan rings is 1. The third-order valence-corrected chi connectivity index (χ3v) is 6.10. The molecule has 0 saturated heterocycles. The maximum absolute atomic E-state index is 12.6. The summed E-state index contributed by atoms with van der Waals surface area (Å²) < 4.78 is 22.0. The van der Waals surface area contributed by atoms with E-state index in [1.165, 1.54) is 5.56 Å². The number of carbonyl (C=O) groups is 1. The van der Waals surface area contributed by atoms with Crippen molar-refractivity contribution >= 4 is 5.91 Å². The van der Waals surface area contributed by atoms with Gasteiger partial charge in [0.2, 0.25) is 0 Å². The second kappa shape index (κ2) is 10.5. The normalized spacial score (nSPS) is 11.2. The number of methoxy groups -OCH3 is 3. The first-order valence-corrected chi connectivity index (χ1v) is 11.1. The topological polar surface area (TPSA) is 69.9 Å². The third kappa shape index (κ3) is 5.69. The van der Waals surface area contributed by atoms with Crippen molar-refractivity contribution in [1.29, 1.82) is 0 Å². The molecule has 1 amide bonds. The van der Waals surface area contributed by atoms with Crippen molar-refractivity contribution < 1.29 is 23.4 Å². The molecule has 33 heavy (non-hydrogen) atoms. The van der Waals surface area contributed by atoms with E-state index in [9.17, 15) is 4.79 Å². The summed E-state index contributed by atoms with van der Waals surface area (Å²) in [4.78, 5) is 12.6. The zero-order valence-electron chi connectivity index (χ0n) is 20.3. The summed E-state index contributed by atoms with van der Waals surface area (Å²) in [6.07, 6.45) is 1.57. The van der Waals surface area contributed by atoms with Crippen LogP contribution < -0.4 is 19.5 Å². The van der Waals surface area contributed by atoms with Crippen LogP contribution in [0, 0.1) is 0 Å². The molecule has 6 nitrogen and oxygen atoms in total. The molecular weight excluding hydrogens is 418 g/mol. The molecule has 6 heteroatoms. The Morgan fingerprint density at radius 2 is 1.61 bits per heavy atom. The van der Waals surface area contributed by atoms with Gasteiger partial charge in [0.25, 0.3) is 5.91 Å². The Morgan fingerprint density at radius 1 is 0.909 bits per heavy atom. The Balaban J connectivity index is 1.70. The lowest BCUT2D eigenvalue weighted by Crippen LogP contribution is -2.22. The van der Waals surface area contributed by atoms with Crippen LogP contribution in [0.1, 0.15) is 60.2 Å². The SMILES string of the molecule is CCC(C)(C)c1ccc(OC)c(Cc2ccc(C(=O)NCc3ccc(OC)c(OC)c3)o2)c1. The zero-order valence-corrected chi connectivity index (χ0v) is 20.3. The molecule has 1 heterocycles. The van der Waals surface area contributed by atoms with Crippen LogP contribution >= 0.6 is 0 Å². The van der Waals surface area contributed by atoms with Crippen molar-refractivity contribution in [2.24, 2.45) is 0 Å². The van der Waals surface area contributed by atoms with Gasteiger partial charge in [-0.25, -0.2) is 0 Å². The highest BCUT2D eigenvalue weighted by molar-refractivity contribution is 5.91. The Labute approximate surface area is 195 Å². The van der Waals surface area contributed by atoms with E-state index in [1.807, 2.05) is 30.3 Å². The number of hydrogen-bond acceptors (Lipinski definition) is 5. The molecule has 3 aromatic rings. The highest BCUT2D eigenvalue weighted by Gasteiger charge is 2.20. The van der Waals surface area contributed by atoms with E-state index in [4.69, 9.17) is 18.6 Å². The number of amides is 1. The largest absolute Gasteiger partial charge is 0.496 e. The van der Waals surface area contributed by atoms with Gasteiger partial charge in [-0.15, -0.1) is 0 Å². The van der Waals surface area contributed by atoms with E-state index < -0.39 is 0 Å². The Kier molecular flexibility index (Phi) is 7.69. The van der Waals surface area contributed by atoms with Crippen LogP contribution in [0.15, 0.2) is 52.9 Å². The summed E-state index contributed by atoms with van der Waals surface area (Å²) in [6.45, 7) is 6.99. The van der Waals surface area contributed by atoms with Crippen molar-refractivity contribution in [3.05, 3.63) is 76.7 Å². The number of ether oxygens (including phenoxy) is 3. The van der Waals surface area contributed by atoms with Crippen LogP contribution in [-0.4, -0.2) is 27.2 Å². The number of nitrogens with one attached hydrogen (secondary N) is 1. The minimum Gasteiger partial charge on any atom is -0.496 e. The molecule has 0 aliphatic carbocycles. The maximum atomic E-state index is 12.6. The van der Waals surface area contributed by atoms with Gasteiger partial charge in [-0.05, 0) is 53.3 Å². The molecule has 0 radical (unpaired) electrons.